The lowest BCUT2D eigenvalue weighted by molar-refractivity contribution is 0.604. The van der Waals surface area contributed by atoms with E-state index in [0.717, 1.165) is 6.07 Å². The maximum Gasteiger partial charge on any atom is 0.169 e. The highest BCUT2D eigenvalue weighted by atomic mass is 32.2. The van der Waals surface area contributed by atoms with Crippen LogP contribution in [0.2, 0.25) is 0 Å². The molecule has 0 saturated carbocycles. The Bertz CT molecular complexity index is 298. The van der Waals surface area contributed by atoms with Gasteiger partial charge in [0.1, 0.15) is 5.82 Å². The van der Waals surface area contributed by atoms with Crippen molar-refractivity contribution in [2.75, 3.05) is 0 Å². The van der Waals surface area contributed by atoms with Gasteiger partial charge in [-0.05, 0) is 12.1 Å². The molecule has 0 N–H and O–H groups in total. The Morgan fingerprint density at radius 3 is 2.50 bits per heavy atom. The van der Waals surface area contributed by atoms with E-state index in [9.17, 15) is 12.8 Å². The van der Waals surface area contributed by atoms with Crippen LogP contribution in [0.5, 0.6) is 0 Å². The molecule has 1 radical (unpaired) electrons. The van der Waals surface area contributed by atoms with Gasteiger partial charge in [-0.2, -0.15) is 0 Å². The van der Waals surface area contributed by atoms with E-state index in [4.69, 9.17) is 0 Å². The Balaban J connectivity index is 3.19. The average molecular weight is 159 g/mol. The quantitative estimate of drug-likeness (QED) is 0.609. The molecule has 53 valence electrons. The lowest BCUT2D eigenvalue weighted by Crippen LogP contribution is -1.81. The highest BCUT2D eigenvalue weighted by Crippen LogP contribution is 2.02. The van der Waals surface area contributed by atoms with E-state index in [1.165, 1.54) is 12.1 Å². The van der Waals surface area contributed by atoms with Crippen LogP contribution in [0.3, 0.4) is 0 Å². The minimum absolute atomic E-state index is 0.116. The highest BCUT2D eigenvalue weighted by molar-refractivity contribution is 7.72. The fourth-order valence-corrected chi connectivity index (χ4v) is 0.942. The topological polar surface area (TPSA) is 34.1 Å². The van der Waals surface area contributed by atoms with Crippen molar-refractivity contribution in [1.29, 1.82) is 0 Å². The third kappa shape index (κ3) is 1.54. The van der Waals surface area contributed by atoms with Crippen LogP contribution in [-0.2, 0) is 10.7 Å². The summed E-state index contributed by atoms with van der Waals surface area (Å²) in [6.45, 7) is 0. The van der Waals surface area contributed by atoms with Crippen LogP contribution in [0.25, 0.3) is 0 Å². The van der Waals surface area contributed by atoms with Crippen molar-refractivity contribution < 1.29 is 12.8 Å². The summed E-state index contributed by atoms with van der Waals surface area (Å²) in [4.78, 5) is -0.116. The monoisotopic (exact) mass is 159 g/mol. The highest BCUT2D eigenvalue weighted by Gasteiger charge is 1.95. The van der Waals surface area contributed by atoms with E-state index < -0.39 is 16.5 Å². The lowest BCUT2D eigenvalue weighted by Gasteiger charge is -1.86. The van der Waals surface area contributed by atoms with Gasteiger partial charge < -0.3 is 0 Å². The molecule has 1 rings (SSSR count). The van der Waals surface area contributed by atoms with Gasteiger partial charge in [0.15, 0.2) is 10.7 Å². The molecule has 1 aromatic carbocycles. The first-order valence-electron chi connectivity index (χ1n) is 2.52. The summed E-state index contributed by atoms with van der Waals surface area (Å²) in [6.07, 6.45) is 0. The van der Waals surface area contributed by atoms with Crippen LogP contribution in [0.1, 0.15) is 0 Å². The molecular weight excluding hydrogens is 155 g/mol. The number of benzene rings is 1. The van der Waals surface area contributed by atoms with Crippen LogP contribution in [0.4, 0.5) is 4.39 Å². The summed E-state index contributed by atoms with van der Waals surface area (Å²) in [5.41, 5.74) is 0. The standard InChI is InChI=1S/C6H4FO2S/c7-5-2-1-3-6(4-5)10(8)9/h1-3,10H. The van der Waals surface area contributed by atoms with Crippen LogP contribution in [0.15, 0.2) is 23.1 Å². The minimum Gasteiger partial charge on any atom is -0.227 e. The van der Waals surface area contributed by atoms with Gasteiger partial charge in [-0.25, -0.2) is 12.8 Å². The molecule has 0 aliphatic carbocycles. The molecule has 0 aromatic heterocycles. The van der Waals surface area contributed by atoms with E-state index in [-0.39, 0.29) is 4.90 Å². The van der Waals surface area contributed by atoms with Crippen LogP contribution < -0.4 is 0 Å². The normalized spacial score (nSPS) is 10.2. The van der Waals surface area contributed by atoms with Crippen LogP contribution in [-0.4, -0.2) is 8.42 Å². The molecule has 0 aliphatic heterocycles. The van der Waals surface area contributed by atoms with Crippen LogP contribution in [0, 0.1) is 11.9 Å². The van der Waals surface area contributed by atoms with Gasteiger partial charge in [0, 0.05) is 6.07 Å². The lowest BCUT2D eigenvalue weighted by atomic mass is 10.4. The summed E-state index contributed by atoms with van der Waals surface area (Å²) >= 11 is 0. The van der Waals surface area contributed by atoms with Crippen LogP contribution >= 0.6 is 0 Å². The molecule has 0 bridgehead atoms. The fraction of sp³-hybridized carbons (Fsp3) is 0. The van der Waals surface area contributed by atoms with Crippen molar-refractivity contribution in [3.8, 4) is 0 Å². The third-order valence-corrected chi connectivity index (χ3v) is 1.60. The zero-order valence-corrected chi connectivity index (χ0v) is 5.77. The summed E-state index contributed by atoms with van der Waals surface area (Å²) in [7, 11) is -2.71. The number of hydrogen-bond donors (Lipinski definition) is 1. The first-order valence-corrected chi connectivity index (χ1v) is 3.70. The third-order valence-electron chi connectivity index (χ3n) is 0.941. The van der Waals surface area contributed by atoms with Gasteiger partial charge in [0.2, 0.25) is 0 Å². The SMILES string of the molecule is O=[SH](=O)c1[c]c(F)ccc1. The number of thiol groups is 1. The first-order chi connectivity index (χ1) is 4.70. The van der Waals surface area contributed by atoms with Crippen molar-refractivity contribution in [3.05, 3.63) is 30.1 Å². The number of halogens is 1. The van der Waals surface area contributed by atoms with Crippen molar-refractivity contribution in [3.63, 3.8) is 0 Å². The summed E-state index contributed by atoms with van der Waals surface area (Å²) in [6, 6.07) is 5.80. The largest absolute Gasteiger partial charge is 0.227 e. The van der Waals surface area contributed by atoms with Gasteiger partial charge in [-0.3, -0.25) is 0 Å². The zero-order valence-electron chi connectivity index (χ0n) is 4.87. The Hall–Kier alpha value is -0.900. The van der Waals surface area contributed by atoms with Crippen molar-refractivity contribution in [2.45, 2.75) is 4.90 Å². The molecule has 2 nitrogen and oxygen atoms in total. The Kier molecular flexibility index (Phi) is 2.01. The molecule has 0 amide bonds. The van der Waals surface area contributed by atoms with E-state index >= 15 is 0 Å². The molecule has 0 heterocycles. The first kappa shape index (κ1) is 7.21. The maximum absolute atomic E-state index is 12.2. The fourth-order valence-electron chi connectivity index (χ4n) is 0.536. The van der Waals surface area contributed by atoms with E-state index in [1.54, 1.807) is 0 Å². The van der Waals surface area contributed by atoms with Crippen molar-refractivity contribution in [1.82, 2.24) is 0 Å². The summed E-state index contributed by atoms with van der Waals surface area (Å²) in [5.74, 6) is -0.656. The van der Waals surface area contributed by atoms with Crippen molar-refractivity contribution in [2.24, 2.45) is 0 Å². The predicted molar refractivity (Wildman–Crippen MR) is 33.8 cm³/mol. The molecule has 0 saturated heterocycles. The smallest absolute Gasteiger partial charge is 0.169 e. The zero-order chi connectivity index (χ0) is 7.56. The van der Waals surface area contributed by atoms with E-state index in [0.29, 0.717) is 0 Å². The molecule has 0 aliphatic rings. The Morgan fingerprint density at radius 2 is 2.10 bits per heavy atom. The number of hydrogen-bond acceptors (Lipinski definition) is 2. The second-order valence-corrected chi connectivity index (χ2v) is 2.64. The van der Waals surface area contributed by atoms with Crippen molar-refractivity contribution >= 4 is 10.7 Å². The average Bonchev–Trinajstić information content (AvgIpc) is 1.88. The summed E-state index contributed by atoms with van der Waals surface area (Å²) < 4.78 is 32.6. The molecule has 0 fully saturated rings. The van der Waals surface area contributed by atoms with Gasteiger partial charge in [0.25, 0.3) is 0 Å². The molecule has 4 heteroatoms. The molecule has 0 unspecified atom stereocenters. The maximum atomic E-state index is 12.2. The molecule has 1 aromatic rings. The molecular formula is C6H4FO2S. The Labute approximate surface area is 59.3 Å². The Morgan fingerprint density at radius 1 is 1.40 bits per heavy atom. The predicted octanol–water partition coefficient (Wildman–Crippen LogP) is 0.596. The second kappa shape index (κ2) is 2.79. The molecule has 0 atom stereocenters. The van der Waals surface area contributed by atoms with Gasteiger partial charge in [0.05, 0.1) is 4.90 Å². The minimum atomic E-state index is -2.71. The van der Waals surface area contributed by atoms with Gasteiger partial charge >= 0.3 is 0 Å². The molecule has 10 heavy (non-hydrogen) atoms. The van der Waals surface area contributed by atoms with Gasteiger partial charge in [-0.1, -0.05) is 6.07 Å². The van der Waals surface area contributed by atoms with E-state index in [1.807, 2.05) is 6.07 Å². The molecule has 0 spiro atoms. The summed E-state index contributed by atoms with van der Waals surface area (Å²) in [5, 5.41) is 0. The second-order valence-electron chi connectivity index (χ2n) is 1.64. The van der Waals surface area contributed by atoms with E-state index in [2.05, 4.69) is 0 Å². The number of rotatable bonds is 1. The van der Waals surface area contributed by atoms with Gasteiger partial charge in [-0.15, -0.1) is 0 Å².